The molecule has 3 aromatic carbocycles. The van der Waals surface area contributed by atoms with Gasteiger partial charge in [0.15, 0.2) is 5.13 Å². The Kier molecular flexibility index (Phi) is 5.77. The third kappa shape index (κ3) is 4.18. The largest absolute Gasteiger partial charge is 0.497 e. The zero-order chi connectivity index (χ0) is 20.9. The smallest absolute Gasteiger partial charge is 0.257 e. The molecular weight excluding hydrogens is 396 g/mol. The highest BCUT2D eigenvalue weighted by atomic mass is 32.1. The Morgan fingerprint density at radius 1 is 0.900 bits per heavy atom. The molecular formula is C24H20N2O3S. The molecule has 30 heavy (non-hydrogen) atoms. The zero-order valence-corrected chi connectivity index (χ0v) is 17.4. The number of nitrogens with one attached hydrogen (secondary N) is 1. The number of benzene rings is 3. The van der Waals surface area contributed by atoms with E-state index in [0.29, 0.717) is 27.9 Å². The quantitative estimate of drug-likeness (QED) is 0.435. The van der Waals surface area contributed by atoms with E-state index in [1.807, 2.05) is 78.2 Å². The molecule has 150 valence electrons. The molecule has 4 aromatic rings. The van der Waals surface area contributed by atoms with E-state index in [9.17, 15) is 4.79 Å². The van der Waals surface area contributed by atoms with Crippen LogP contribution in [0.2, 0.25) is 0 Å². The molecule has 1 amide bonds. The van der Waals surface area contributed by atoms with E-state index in [4.69, 9.17) is 9.47 Å². The van der Waals surface area contributed by atoms with Crippen molar-refractivity contribution in [2.45, 2.75) is 0 Å². The molecule has 0 aliphatic heterocycles. The maximum Gasteiger partial charge on any atom is 0.257 e. The van der Waals surface area contributed by atoms with E-state index in [0.717, 1.165) is 16.7 Å². The number of anilines is 1. The molecule has 0 aliphatic carbocycles. The lowest BCUT2D eigenvalue weighted by molar-refractivity contribution is 0.102. The van der Waals surface area contributed by atoms with Crippen molar-refractivity contribution in [3.05, 3.63) is 83.7 Å². The van der Waals surface area contributed by atoms with Gasteiger partial charge in [-0.2, -0.15) is 0 Å². The first kappa shape index (κ1) is 19.7. The Bertz CT molecular complexity index is 1150. The number of nitrogens with zero attached hydrogens (tertiary/aromatic N) is 1. The van der Waals surface area contributed by atoms with Crippen molar-refractivity contribution < 1.29 is 14.3 Å². The minimum atomic E-state index is -0.201. The van der Waals surface area contributed by atoms with Crippen LogP contribution < -0.4 is 14.8 Å². The molecule has 0 atom stereocenters. The summed E-state index contributed by atoms with van der Waals surface area (Å²) in [5.74, 6) is 1.20. The highest BCUT2D eigenvalue weighted by Gasteiger charge is 2.14. The van der Waals surface area contributed by atoms with Crippen molar-refractivity contribution in [3.63, 3.8) is 0 Å². The molecule has 5 nitrogen and oxygen atoms in total. The van der Waals surface area contributed by atoms with Gasteiger partial charge >= 0.3 is 0 Å². The number of hydrogen-bond donors (Lipinski definition) is 1. The third-order valence-corrected chi connectivity index (χ3v) is 5.42. The summed E-state index contributed by atoms with van der Waals surface area (Å²) in [5.41, 5.74) is 4.27. The van der Waals surface area contributed by atoms with Crippen LogP contribution in [0.3, 0.4) is 0 Å². The van der Waals surface area contributed by atoms with E-state index in [1.165, 1.54) is 11.3 Å². The van der Waals surface area contributed by atoms with Crippen molar-refractivity contribution in [2.24, 2.45) is 0 Å². The number of ether oxygens (including phenoxy) is 2. The topological polar surface area (TPSA) is 60.5 Å². The van der Waals surface area contributed by atoms with E-state index in [2.05, 4.69) is 10.3 Å². The highest BCUT2D eigenvalue weighted by Crippen LogP contribution is 2.35. The van der Waals surface area contributed by atoms with Crippen LogP contribution in [0.5, 0.6) is 11.5 Å². The molecule has 1 aromatic heterocycles. The molecule has 0 aliphatic rings. The summed E-state index contributed by atoms with van der Waals surface area (Å²) in [6, 6.07) is 23.1. The standard InChI is InChI=1S/C24H20N2O3S/c1-28-19-12-13-22(29-2)20(14-19)21-15-30-24(25-21)26-23(27)18-10-8-17(9-11-18)16-6-4-3-5-7-16/h3-15H,1-2H3,(H,25,26,27). The fraction of sp³-hybridized carbons (Fsp3) is 0.0833. The summed E-state index contributed by atoms with van der Waals surface area (Å²) < 4.78 is 10.7. The second-order valence-corrected chi connectivity index (χ2v) is 7.36. The molecule has 1 heterocycles. The zero-order valence-electron chi connectivity index (χ0n) is 16.6. The van der Waals surface area contributed by atoms with Crippen LogP contribution in [0.25, 0.3) is 22.4 Å². The van der Waals surface area contributed by atoms with Gasteiger partial charge in [0, 0.05) is 16.5 Å². The summed E-state index contributed by atoms with van der Waals surface area (Å²) in [7, 11) is 3.22. The van der Waals surface area contributed by atoms with Crippen LogP contribution in [-0.2, 0) is 0 Å². The third-order valence-electron chi connectivity index (χ3n) is 4.66. The van der Waals surface area contributed by atoms with Gasteiger partial charge in [0.2, 0.25) is 0 Å². The summed E-state index contributed by atoms with van der Waals surface area (Å²) in [6.07, 6.45) is 0. The maximum atomic E-state index is 12.6. The number of amides is 1. The number of thiazole rings is 1. The average Bonchev–Trinajstić information content (AvgIpc) is 3.27. The van der Waals surface area contributed by atoms with Gasteiger partial charge in [-0.1, -0.05) is 42.5 Å². The first-order chi connectivity index (χ1) is 14.7. The molecule has 0 unspecified atom stereocenters. The number of rotatable bonds is 6. The molecule has 1 N–H and O–H groups in total. The molecule has 0 saturated carbocycles. The summed E-state index contributed by atoms with van der Waals surface area (Å²) in [5, 5.41) is 5.27. The predicted molar refractivity (Wildman–Crippen MR) is 120 cm³/mol. The van der Waals surface area contributed by atoms with Crippen molar-refractivity contribution >= 4 is 22.4 Å². The Morgan fingerprint density at radius 2 is 1.63 bits per heavy atom. The number of carbonyl (C=O) groups is 1. The summed E-state index contributed by atoms with van der Waals surface area (Å²) in [6.45, 7) is 0. The lowest BCUT2D eigenvalue weighted by atomic mass is 10.0. The van der Waals surface area contributed by atoms with Crippen LogP contribution in [0.4, 0.5) is 5.13 Å². The number of hydrogen-bond acceptors (Lipinski definition) is 5. The second kappa shape index (κ2) is 8.80. The molecule has 6 heteroatoms. The van der Waals surface area contributed by atoms with Gasteiger partial charge in [0.1, 0.15) is 11.5 Å². The Labute approximate surface area is 178 Å². The molecule has 0 spiro atoms. The summed E-state index contributed by atoms with van der Waals surface area (Å²) >= 11 is 1.36. The van der Waals surface area contributed by atoms with Gasteiger partial charge in [-0.05, 0) is 41.5 Å². The van der Waals surface area contributed by atoms with Gasteiger partial charge in [-0.3, -0.25) is 10.1 Å². The van der Waals surface area contributed by atoms with Crippen molar-refractivity contribution in [1.29, 1.82) is 0 Å². The maximum absolute atomic E-state index is 12.6. The fourth-order valence-electron chi connectivity index (χ4n) is 3.08. The lowest BCUT2D eigenvalue weighted by Gasteiger charge is -2.08. The van der Waals surface area contributed by atoms with Crippen LogP contribution in [-0.4, -0.2) is 25.1 Å². The second-order valence-electron chi connectivity index (χ2n) is 6.50. The van der Waals surface area contributed by atoms with E-state index < -0.39 is 0 Å². The summed E-state index contributed by atoms with van der Waals surface area (Å²) in [4.78, 5) is 17.2. The molecule has 0 bridgehead atoms. The van der Waals surface area contributed by atoms with Crippen LogP contribution in [0.1, 0.15) is 10.4 Å². The molecule has 0 saturated heterocycles. The SMILES string of the molecule is COc1ccc(OC)c(-c2csc(NC(=O)c3ccc(-c4ccccc4)cc3)n2)c1. The first-order valence-electron chi connectivity index (χ1n) is 9.32. The van der Waals surface area contributed by atoms with Gasteiger partial charge in [0.05, 0.1) is 19.9 Å². The van der Waals surface area contributed by atoms with Gasteiger partial charge in [-0.15, -0.1) is 11.3 Å². The first-order valence-corrected chi connectivity index (χ1v) is 10.2. The Morgan fingerprint density at radius 3 is 2.33 bits per heavy atom. The van der Waals surface area contributed by atoms with Crippen LogP contribution >= 0.6 is 11.3 Å². The van der Waals surface area contributed by atoms with Crippen molar-refractivity contribution in [2.75, 3.05) is 19.5 Å². The normalized spacial score (nSPS) is 10.5. The predicted octanol–water partition coefficient (Wildman–Crippen LogP) is 5.75. The Balaban J connectivity index is 1.51. The number of methoxy groups -OCH3 is 2. The lowest BCUT2D eigenvalue weighted by Crippen LogP contribution is -2.11. The molecule has 0 radical (unpaired) electrons. The minimum Gasteiger partial charge on any atom is -0.497 e. The Hall–Kier alpha value is -3.64. The average molecular weight is 417 g/mol. The van der Waals surface area contributed by atoms with E-state index in [1.54, 1.807) is 14.2 Å². The van der Waals surface area contributed by atoms with Crippen LogP contribution in [0, 0.1) is 0 Å². The molecule has 4 rings (SSSR count). The minimum absolute atomic E-state index is 0.201. The number of aromatic nitrogens is 1. The fourth-order valence-corrected chi connectivity index (χ4v) is 3.79. The monoisotopic (exact) mass is 416 g/mol. The van der Waals surface area contributed by atoms with Gasteiger partial charge in [0.25, 0.3) is 5.91 Å². The van der Waals surface area contributed by atoms with Crippen LogP contribution in [0.15, 0.2) is 78.2 Å². The van der Waals surface area contributed by atoms with Crippen molar-refractivity contribution in [3.8, 4) is 33.9 Å². The van der Waals surface area contributed by atoms with Gasteiger partial charge < -0.3 is 9.47 Å². The van der Waals surface area contributed by atoms with E-state index >= 15 is 0 Å². The van der Waals surface area contributed by atoms with Crippen molar-refractivity contribution in [1.82, 2.24) is 4.98 Å². The number of carbonyl (C=O) groups excluding carboxylic acids is 1. The highest BCUT2D eigenvalue weighted by molar-refractivity contribution is 7.14. The van der Waals surface area contributed by atoms with Gasteiger partial charge in [-0.25, -0.2) is 4.98 Å². The van der Waals surface area contributed by atoms with E-state index in [-0.39, 0.29) is 5.91 Å². The molecule has 0 fully saturated rings.